The number of aliphatic hydroxyl groups excluding tert-OH is 1. The number of anilines is 2. The van der Waals surface area contributed by atoms with E-state index in [0.717, 1.165) is 18.8 Å². The number of nitrogens with one attached hydrogen (secondary N) is 1. The van der Waals surface area contributed by atoms with Crippen molar-refractivity contribution < 1.29 is 33.8 Å². The number of ether oxygens (including phenoxy) is 2. The molecule has 0 saturated carbocycles. The van der Waals surface area contributed by atoms with Gasteiger partial charge in [-0.05, 0) is 82.7 Å². The Balaban J connectivity index is 1.46. The molecule has 0 unspecified atom stereocenters. The van der Waals surface area contributed by atoms with Crippen molar-refractivity contribution in [1.82, 2.24) is 10.2 Å². The van der Waals surface area contributed by atoms with Gasteiger partial charge in [0.2, 0.25) is 11.8 Å². The number of hydrogen-bond donors (Lipinski definition) is 2. The molecule has 11 nitrogen and oxygen atoms in total. The maximum absolute atomic E-state index is 14.9. The van der Waals surface area contributed by atoms with Gasteiger partial charge in [-0.2, -0.15) is 0 Å². The number of rotatable bonds is 19. The number of esters is 1. The van der Waals surface area contributed by atoms with E-state index in [9.17, 15) is 24.3 Å². The standard InChI is InChI=1S/C41H54N4O7/c1-6-10-18-33(47)42-28(5)36(29-16-12-11-13-17-29)51-40(50)34-32-23-24-41(52-32)35(34)38(48)45(26-14-15-27-46)37(41)39(49)44(25-7-2)31-21-19-30(20-22-31)43(8-3)9-4/h6-7,11-13,16-17,19-22,28,32,34-37,46H,1-2,8-10,14-15,18,23-27H2,3-5H3,(H,42,47)/t28-,32-,34+,35+,36-,37-,41+/m1/s1. The molecule has 2 N–H and O–H groups in total. The van der Waals surface area contributed by atoms with Gasteiger partial charge in [-0.15, -0.1) is 13.2 Å². The number of unbranched alkanes of at least 4 members (excludes halogenated alkanes) is 1. The lowest BCUT2D eigenvalue weighted by Crippen LogP contribution is -2.56. The second-order valence-corrected chi connectivity index (χ2v) is 13.9. The van der Waals surface area contributed by atoms with E-state index in [1.54, 1.807) is 28.9 Å². The minimum Gasteiger partial charge on any atom is -0.455 e. The molecular weight excluding hydrogens is 660 g/mol. The number of carbonyl (C=O) groups excluding carboxylic acids is 4. The Hall–Kier alpha value is -4.48. The maximum atomic E-state index is 14.9. The van der Waals surface area contributed by atoms with E-state index in [4.69, 9.17) is 9.47 Å². The van der Waals surface area contributed by atoms with Crippen molar-refractivity contribution in [3.05, 3.63) is 85.5 Å². The first-order valence-corrected chi connectivity index (χ1v) is 18.7. The van der Waals surface area contributed by atoms with Crippen molar-refractivity contribution in [3.8, 4) is 0 Å². The molecule has 1 spiro atoms. The predicted molar refractivity (Wildman–Crippen MR) is 201 cm³/mol. The molecule has 280 valence electrons. The van der Waals surface area contributed by atoms with Gasteiger partial charge >= 0.3 is 5.97 Å². The van der Waals surface area contributed by atoms with Crippen LogP contribution in [0.5, 0.6) is 0 Å². The number of likely N-dealkylation sites (tertiary alicyclic amines) is 1. The van der Waals surface area contributed by atoms with Crippen molar-refractivity contribution >= 4 is 35.1 Å². The molecule has 2 aromatic rings. The number of aliphatic hydroxyl groups is 1. The van der Waals surface area contributed by atoms with E-state index < -0.39 is 47.7 Å². The number of fused-ring (bicyclic) bond motifs is 1. The Morgan fingerprint density at radius 3 is 2.38 bits per heavy atom. The van der Waals surface area contributed by atoms with Gasteiger partial charge in [-0.25, -0.2) is 0 Å². The highest BCUT2D eigenvalue weighted by Crippen LogP contribution is 2.59. The van der Waals surface area contributed by atoms with Crippen molar-refractivity contribution in [1.29, 1.82) is 0 Å². The van der Waals surface area contributed by atoms with E-state index >= 15 is 0 Å². The quantitative estimate of drug-likeness (QED) is 0.119. The summed E-state index contributed by atoms with van der Waals surface area (Å²) in [6.07, 6.45) is 4.53. The fraction of sp³-hybridized carbons (Fsp3) is 0.512. The summed E-state index contributed by atoms with van der Waals surface area (Å²) in [5.74, 6) is -3.27. The smallest absolute Gasteiger partial charge is 0.313 e. The van der Waals surface area contributed by atoms with E-state index in [1.165, 1.54) is 0 Å². The third kappa shape index (κ3) is 7.66. The lowest BCUT2D eigenvalue weighted by molar-refractivity contribution is -0.162. The van der Waals surface area contributed by atoms with Crippen LogP contribution in [0.3, 0.4) is 0 Å². The van der Waals surface area contributed by atoms with Gasteiger partial charge in [-0.1, -0.05) is 42.5 Å². The summed E-state index contributed by atoms with van der Waals surface area (Å²) in [4.78, 5) is 61.9. The van der Waals surface area contributed by atoms with Crippen LogP contribution in [0.25, 0.3) is 0 Å². The summed E-state index contributed by atoms with van der Waals surface area (Å²) >= 11 is 0. The Morgan fingerprint density at radius 1 is 1.06 bits per heavy atom. The Bertz CT molecular complexity index is 1580. The molecule has 52 heavy (non-hydrogen) atoms. The highest BCUT2D eigenvalue weighted by Gasteiger charge is 2.75. The second kappa shape index (κ2) is 17.4. The van der Waals surface area contributed by atoms with Crippen LogP contribution in [0.1, 0.15) is 71.0 Å². The third-order valence-electron chi connectivity index (χ3n) is 10.8. The van der Waals surface area contributed by atoms with Crippen molar-refractivity contribution in [3.63, 3.8) is 0 Å². The molecular formula is C41H54N4O7. The molecule has 2 aromatic carbocycles. The van der Waals surface area contributed by atoms with Crippen LogP contribution in [0.2, 0.25) is 0 Å². The van der Waals surface area contributed by atoms with Crippen LogP contribution in [0, 0.1) is 11.8 Å². The van der Waals surface area contributed by atoms with E-state index in [-0.39, 0.29) is 43.8 Å². The van der Waals surface area contributed by atoms with Gasteiger partial charge in [0, 0.05) is 50.6 Å². The average molecular weight is 715 g/mol. The molecule has 5 rings (SSSR count). The van der Waals surface area contributed by atoms with Crippen LogP contribution >= 0.6 is 0 Å². The van der Waals surface area contributed by atoms with Crippen molar-refractivity contribution in [2.24, 2.45) is 11.8 Å². The SMILES string of the molecule is C=CCCC(=O)N[C@H](C)[C@@H](OC(=O)[C@@H]1[C@H]2C(=O)N(CCCCO)[C@H](C(=O)N(CC=C)c3ccc(N(CC)CC)cc3)[C@]23CC[C@H]1O3)c1ccccc1. The summed E-state index contributed by atoms with van der Waals surface area (Å²) in [5.41, 5.74) is 1.18. The molecule has 3 aliphatic rings. The number of hydrogen-bond acceptors (Lipinski definition) is 8. The highest BCUT2D eigenvalue weighted by molar-refractivity contribution is 6.04. The van der Waals surface area contributed by atoms with Gasteiger partial charge in [0.15, 0.2) is 0 Å². The zero-order valence-electron chi connectivity index (χ0n) is 30.7. The third-order valence-corrected chi connectivity index (χ3v) is 10.8. The number of amides is 3. The summed E-state index contributed by atoms with van der Waals surface area (Å²) in [6.45, 7) is 15.7. The van der Waals surface area contributed by atoms with Gasteiger partial charge in [0.25, 0.3) is 5.91 Å². The highest BCUT2D eigenvalue weighted by atomic mass is 16.6. The molecule has 0 aliphatic carbocycles. The number of allylic oxidation sites excluding steroid dienone is 1. The second-order valence-electron chi connectivity index (χ2n) is 13.9. The van der Waals surface area contributed by atoms with E-state index in [2.05, 4.69) is 37.2 Å². The van der Waals surface area contributed by atoms with Gasteiger partial charge in [0.05, 0.1) is 24.0 Å². The van der Waals surface area contributed by atoms with Crippen molar-refractivity contribution in [2.45, 2.75) is 89.2 Å². The van der Waals surface area contributed by atoms with Crippen LogP contribution in [-0.4, -0.2) is 90.3 Å². The summed E-state index contributed by atoms with van der Waals surface area (Å²) in [7, 11) is 0. The normalized spacial score (nSPS) is 24.2. The Morgan fingerprint density at radius 2 is 1.75 bits per heavy atom. The van der Waals surface area contributed by atoms with Crippen molar-refractivity contribution in [2.75, 3.05) is 42.6 Å². The Labute approximate surface area is 307 Å². The minimum absolute atomic E-state index is 0.0482. The van der Waals surface area contributed by atoms with Crippen LogP contribution in [0.4, 0.5) is 11.4 Å². The van der Waals surface area contributed by atoms with Gasteiger partial charge < -0.3 is 34.6 Å². The maximum Gasteiger partial charge on any atom is 0.313 e. The number of carbonyl (C=O) groups is 4. The van der Waals surface area contributed by atoms with E-state index in [1.807, 2.05) is 54.6 Å². The fourth-order valence-corrected chi connectivity index (χ4v) is 8.31. The minimum atomic E-state index is -1.23. The average Bonchev–Trinajstić information content (AvgIpc) is 3.80. The summed E-state index contributed by atoms with van der Waals surface area (Å²) in [5, 5.41) is 12.5. The fourth-order valence-electron chi connectivity index (χ4n) is 8.31. The van der Waals surface area contributed by atoms with E-state index in [0.29, 0.717) is 43.4 Å². The molecule has 3 heterocycles. The molecule has 0 radical (unpaired) electrons. The van der Waals surface area contributed by atoms with Crippen LogP contribution in [0.15, 0.2) is 79.9 Å². The monoisotopic (exact) mass is 714 g/mol. The first-order chi connectivity index (χ1) is 25.1. The lowest BCUT2D eigenvalue weighted by atomic mass is 9.70. The molecule has 3 aliphatic heterocycles. The topological polar surface area (TPSA) is 129 Å². The molecule has 2 bridgehead atoms. The molecule has 3 fully saturated rings. The lowest BCUT2D eigenvalue weighted by Gasteiger charge is -2.37. The first-order valence-electron chi connectivity index (χ1n) is 18.7. The largest absolute Gasteiger partial charge is 0.455 e. The molecule has 3 saturated heterocycles. The first kappa shape index (κ1) is 38.7. The predicted octanol–water partition coefficient (Wildman–Crippen LogP) is 4.95. The molecule has 3 amide bonds. The molecule has 11 heteroatoms. The zero-order chi connectivity index (χ0) is 37.4. The molecule has 0 aromatic heterocycles. The molecule has 7 atom stereocenters. The summed E-state index contributed by atoms with van der Waals surface area (Å²) in [6, 6.07) is 15.4. The number of nitrogens with zero attached hydrogens (tertiary/aromatic N) is 3. The zero-order valence-corrected chi connectivity index (χ0v) is 30.7. The summed E-state index contributed by atoms with van der Waals surface area (Å²) < 4.78 is 12.9. The van der Waals surface area contributed by atoms with Crippen LogP contribution < -0.4 is 15.1 Å². The van der Waals surface area contributed by atoms with Gasteiger partial charge in [0.1, 0.15) is 17.7 Å². The van der Waals surface area contributed by atoms with Gasteiger partial charge in [-0.3, -0.25) is 19.2 Å². The Kier molecular flexibility index (Phi) is 12.9. The van der Waals surface area contributed by atoms with Crippen LogP contribution in [-0.2, 0) is 28.7 Å². The number of benzene rings is 2.